The molecule has 4 heteroatoms. The Kier molecular flexibility index (Phi) is 2.49. The lowest BCUT2D eigenvalue weighted by Crippen LogP contribution is -2.24. The van der Waals surface area contributed by atoms with E-state index in [9.17, 15) is 5.11 Å². The van der Waals surface area contributed by atoms with E-state index in [1.165, 1.54) is 13.2 Å². The molecular formula is C12H14N2O2. The molecule has 0 heterocycles. The Morgan fingerprint density at radius 2 is 2.25 bits per heavy atom. The molecule has 0 atom stereocenters. The van der Waals surface area contributed by atoms with Gasteiger partial charge in [0.1, 0.15) is 0 Å². The van der Waals surface area contributed by atoms with Gasteiger partial charge in [0, 0.05) is 17.2 Å². The van der Waals surface area contributed by atoms with Gasteiger partial charge in [0.05, 0.1) is 18.7 Å². The number of benzene rings is 1. The van der Waals surface area contributed by atoms with Crippen LogP contribution in [0.2, 0.25) is 0 Å². The van der Waals surface area contributed by atoms with Crippen LogP contribution >= 0.6 is 0 Å². The smallest absolute Gasteiger partial charge is 0.162 e. The highest BCUT2D eigenvalue weighted by Gasteiger charge is 2.39. The van der Waals surface area contributed by atoms with Gasteiger partial charge in [-0.15, -0.1) is 0 Å². The Hall–Kier alpha value is -1.73. The van der Waals surface area contributed by atoms with E-state index in [0.29, 0.717) is 23.3 Å². The summed E-state index contributed by atoms with van der Waals surface area (Å²) in [5.74, 6) is 0.427. The standard InChI is InChI=1S/C12H14N2O2/c1-16-10-5-8(7-13)4-9(11(10)15)6-12(14)2-3-12/h4-5,15H,2-3,6,14H2,1H3. The molecule has 1 aromatic rings. The van der Waals surface area contributed by atoms with Crippen molar-refractivity contribution in [2.75, 3.05) is 7.11 Å². The third-order valence-electron chi connectivity index (χ3n) is 2.94. The lowest BCUT2D eigenvalue weighted by atomic mass is 10.0. The van der Waals surface area contributed by atoms with Crippen LogP contribution < -0.4 is 10.5 Å². The van der Waals surface area contributed by atoms with Gasteiger partial charge in [-0.05, 0) is 25.3 Å². The number of nitrogens with zero attached hydrogens (tertiary/aromatic N) is 1. The third kappa shape index (κ3) is 1.95. The molecule has 1 aromatic carbocycles. The first kappa shape index (κ1) is 10.8. The second kappa shape index (κ2) is 3.69. The monoisotopic (exact) mass is 218 g/mol. The number of hydrogen-bond donors (Lipinski definition) is 2. The summed E-state index contributed by atoms with van der Waals surface area (Å²) in [6.45, 7) is 0. The Morgan fingerprint density at radius 3 is 2.75 bits per heavy atom. The van der Waals surface area contributed by atoms with Crippen LogP contribution in [0.4, 0.5) is 0 Å². The number of methoxy groups -OCH3 is 1. The number of phenols is 1. The highest BCUT2D eigenvalue weighted by atomic mass is 16.5. The molecule has 0 aliphatic heterocycles. The number of hydrogen-bond acceptors (Lipinski definition) is 4. The molecule has 0 bridgehead atoms. The maximum atomic E-state index is 9.91. The average Bonchev–Trinajstić information content (AvgIpc) is 2.99. The van der Waals surface area contributed by atoms with Crippen molar-refractivity contribution in [3.05, 3.63) is 23.3 Å². The van der Waals surface area contributed by atoms with E-state index < -0.39 is 0 Å². The molecule has 0 aromatic heterocycles. The van der Waals surface area contributed by atoms with Crippen LogP contribution in [0.5, 0.6) is 11.5 Å². The van der Waals surface area contributed by atoms with E-state index in [1.54, 1.807) is 6.07 Å². The number of nitriles is 1. The minimum absolute atomic E-state index is 0.0956. The fourth-order valence-corrected chi connectivity index (χ4v) is 1.74. The molecule has 1 saturated carbocycles. The summed E-state index contributed by atoms with van der Waals surface area (Å²) in [7, 11) is 1.47. The zero-order valence-electron chi connectivity index (χ0n) is 9.16. The van der Waals surface area contributed by atoms with Gasteiger partial charge in [0.2, 0.25) is 0 Å². The Labute approximate surface area is 94.3 Å². The number of rotatable bonds is 3. The van der Waals surface area contributed by atoms with Crippen LogP contribution in [0.3, 0.4) is 0 Å². The summed E-state index contributed by atoms with van der Waals surface area (Å²) in [5, 5.41) is 18.8. The highest BCUT2D eigenvalue weighted by Crippen LogP contribution is 2.40. The van der Waals surface area contributed by atoms with Crippen molar-refractivity contribution in [3.63, 3.8) is 0 Å². The molecule has 4 nitrogen and oxygen atoms in total. The van der Waals surface area contributed by atoms with Gasteiger partial charge in [-0.1, -0.05) is 0 Å². The van der Waals surface area contributed by atoms with E-state index in [-0.39, 0.29) is 11.3 Å². The zero-order valence-corrected chi connectivity index (χ0v) is 9.16. The molecule has 0 saturated heterocycles. The van der Waals surface area contributed by atoms with Crippen LogP contribution in [0.15, 0.2) is 12.1 Å². The van der Waals surface area contributed by atoms with Gasteiger partial charge in [0.25, 0.3) is 0 Å². The van der Waals surface area contributed by atoms with Gasteiger partial charge < -0.3 is 15.6 Å². The summed E-state index contributed by atoms with van der Waals surface area (Å²) in [6, 6.07) is 5.24. The van der Waals surface area contributed by atoms with E-state index in [0.717, 1.165) is 12.8 Å². The second-order valence-corrected chi connectivity index (χ2v) is 4.34. The maximum Gasteiger partial charge on any atom is 0.162 e. The van der Waals surface area contributed by atoms with Crippen LogP contribution in [0, 0.1) is 11.3 Å². The van der Waals surface area contributed by atoms with E-state index in [1.807, 2.05) is 6.07 Å². The van der Waals surface area contributed by atoms with Gasteiger partial charge in [-0.2, -0.15) is 5.26 Å². The number of aromatic hydroxyl groups is 1. The number of nitrogens with two attached hydrogens (primary N) is 1. The molecule has 3 N–H and O–H groups in total. The molecule has 0 amide bonds. The van der Waals surface area contributed by atoms with Crippen molar-refractivity contribution < 1.29 is 9.84 Å². The summed E-state index contributed by atoms with van der Waals surface area (Å²) in [4.78, 5) is 0. The van der Waals surface area contributed by atoms with Crippen molar-refractivity contribution >= 4 is 0 Å². The van der Waals surface area contributed by atoms with E-state index >= 15 is 0 Å². The minimum Gasteiger partial charge on any atom is -0.504 e. The second-order valence-electron chi connectivity index (χ2n) is 4.34. The first-order valence-electron chi connectivity index (χ1n) is 5.17. The van der Waals surface area contributed by atoms with Gasteiger partial charge in [0.15, 0.2) is 11.5 Å². The first-order chi connectivity index (χ1) is 7.58. The molecule has 2 rings (SSSR count). The maximum absolute atomic E-state index is 9.91. The summed E-state index contributed by atoms with van der Waals surface area (Å²) in [5.41, 5.74) is 6.97. The normalized spacial score (nSPS) is 16.6. The Balaban J connectivity index is 2.39. The lowest BCUT2D eigenvalue weighted by Gasteiger charge is -2.13. The van der Waals surface area contributed by atoms with Crippen molar-refractivity contribution in [1.82, 2.24) is 0 Å². The fraction of sp³-hybridized carbons (Fsp3) is 0.417. The summed E-state index contributed by atoms with van der Waals surface area (Å²) >= 11 is 0. The van der Waals surface area contributed by atoms with Crippen LogP contribution in [0.25, 0.3) is 0 Å². The molecule has 1 aliphatic carbocycles. The Morgan fingerprint density at radius 1 is 1.56 bits per heavy atom. The van der Waals surface area contributed by atoms with Crippen molar-refractivity contribution in [1.29, 1.82) is 5.26 Å². The highest BCUT2D eigenvalue weighted by molar-refractivity contribution is 5.52. The Bertz CT molecular complexity index is 459. The van der Waals surface area contributed by atoms with Gasteiger partial charge in [-0.3, -0.25) is 0 Å². The van der Waals surface area contributed by atoms with Gasteiger partial charge in [-0.25, -0.2) is 0 Å². The fourth-order valence-electron chi connectivity index (χ4n) is 1.74. The van der Waals surface area contributed by atoms with Crippen molar-refractivity contribution in [2.24, 2.45) is 5.73 Å². The number of ether oxygens (including phenoxy) is 1. The predicted octanol–water partition coefficient (Wildman–Crippen LogP) is 1.31. The molecular weight excluding hydrogens is 204 g/mol. The van der Waals surface area contributed by atoms with E-state index in [2.05, 4.69) is 0 Å². The third-order valence-corrected chi connectivity index (χ3v) is 2.94. The minimum atomic E-state index is -0.198. The lowest BCUT2D eigenvalue weighted by molar-refractivity contribution is 0.369. The largest absolute Gasteiger partial charge is 0.504 e. The number of phenolic OH excluding ortho intramolecular Hbond substituents is 1. The average molecular weight is 218 g/mol. The quantitative estimate of drug-likeness (QED) is 0.801. The van der Waals surface area contributed by atoms with Crippen molar-refractivity contribution in [3.8, 4) is 17.6 Å². The zero-order chi connectivity index (χ0) is 11.8. The molecule has 84 valence electrons. The molecule has 0 unspecified atom stereocenters. The predicted molar refractivity (Wildman–Crippen MR) is 59.2 cm³/mol. The van der Waals surface area contributed by atoms with Crippen LogP contribution in [-0.2, 0) is 6.42 Å². The van der Waals surface area contributed by atoms with E-state index in [4.69, 9.17) is 15.7 Å². The van der Waals surface area contributed by atoms with Gasteiger partial charge >= 0.3 is 0 Å². The first-order valence-corrected chi connectivity index (χ1v) is 5.17. The van der Waals surface area contributed by atoms with Crippen LogP contribution in [-0.4, -0.2) is 17.8 Å². The summed E-state index contributed by atoms with van der Waals surface area (Å²) < 4.78 is 5.02. The molecule has 1 aliphatic rings. The van der Waals surface area contributed by atoms with Crippen molar-refractivity contribution in [2.45, 2.75) is 24.8 Å². The SMILES string of the molecule is COc1cc(C#N)cc(CC2(N)CC2)c1O. The molecule has 16 heavy (non-hydrogen) atoms. The molecule has 1 fully saturated rings. The molecule has 0 radical (unpaired) electrons. The topological polar surface area (TPSA) is 79.3 Å². The van der Waals surface area contributed by atoms with Crippen LogP contribution in [0.1, 0.15) is 24.0 Å². The molecule has 0 spiro atoms. The summed E-state index contributed by atoms with van der Waals surface area (Å²) in [6.07, 6.45) is 2.52.